The Balaban J connectivity index is 1.95. The molecule has 3 nitrogen and oxygen atoms in total. The zero-order chi connectivity index (χ0) is 15.7. The molecular weight excluding hydrogens is 296 g/mol. The van der Waals surface area contributed by atoms with Crippen LogP contribution in [0.2, 0.25) is 0 Å². The van der Waals surface area contributed by atoms with E-state index in [1.54, 1.807) is 0 Å². The predicted octanol–water partition coefficient (Wildman–Crippen LogP) is 3.34. The highest BCUT2D eigenvalue weighted by Crippen LogP contribution is 2.56. The smallest absolute Gasteiger partial charge is 0.203 e. The fraction of sp³-hybridized carbons (Fsp3) is 0.333. The van der Waals surface area contributed by atoms with Crippen molar-refractivity contribution in [3.8, 4) is 0 Å². The van der Waals surface area contributed by atoms with Gasteiger partial charge in [0, 0.05) is 4.90 Å². The minimum Gasteiger partial charge on any atom is -0.389 e. The van der Waals surface area contributed by atoms with Gasteiger partial charge in [0.15, 0.2) is 0 Å². The molecule has 1 fully saturated rings. The van der Waals surface area contributed by atoms with Crippen molar-refractivity contribution in [2.45, 2.75) is 42.3 Å². The standard InChI is InChI=1S/C18H20O3S/c1-3-16(19)18(17(21-18)14-7-5-4-6-8-14)22(20)15-11-9-13(2)10-12-15/h4-12,16-17,19H,3H2,1-2H3/t16-,17+,18-,22+/m1/s1. The summed E-state index contributed by atoms with van der Waals surface area (Å²) in [6, 6.07) is 17.2. The van der Waals surface area contributed by atoms with E-state index in [4.69, 9.17) is 4.74 Å². The van der Waals surface area contributed by atoms with Gasteiger partial charge in [-0.2, -0.15) is 0 Å². The van der Waals surface area contributed by atoms with Crippen molar-refractivity contribution in [3.05, 3.63) is 65.7 Å². The average Bonchev–Trinajstić information content (AvgIpc) is 3.32. The second-order valence-electron chi connectivity index (χ2n) is 5.64. The average molecular weight is 316 g/mol. The van der Waals surface area contributed by atoms with E-state index in [0.717, 1.165) is 11.1 Å². The minimum atomic E-state index is -1.42. The van der Waals surface area contributed by atoms with Crippen LogP contribution in [0, 0.1) is 6.92 Å². The van der Waals surface area contributed by atoms with E-state index >= 15 is 0 Å². The molecule has 0 aromatic heterocycles. The van der Waals surface area contributed by atoms with Crippen LogP contribution in [0.4, 0.5) is 0 Å². The second-order valence-corrected chi connectivity index (χ2v) is 7.28. The summed E-state index contributed by atoms with van der Waals surface area (Å²) in [6.07, 6.45) is -0.591. The molecule has 2 aromatic rings. The molecule has 1 N–H and O–H groups in total. The summed E-state index contributed by atoms with van der Waals surface area (Å²) in [6.45, 7) is 3.87. The lowest BCUT2D eigenvalue weighted by atomic mass is 10.1. The van der Waals surface area contributed by atoms with Crippen molar-refractivity contribution >= 4 is 10.8 Å². The van der Waals surface area contributed by atoms with Crippen molar-refractivity contribution in [1.29, 1.82) is 0 Å². The van der Waals surface area contributed by atoms with Crippen LogP contribution in [0.5, 0.6) is 0 Å². The van der Waals surface area contributed by atoms with Gasteiger partial charge in [0.25, 0.3) is 0 Å². The molecule has 1 aliphatic heterocycles. The van der Waals surface area contributed by atoms with Crippen molar-refractivity contribution in [1.82, 2.24) is 0 Å². The van der Waals surface area contributed by atoms with E-state index < -0.39 is 21.8 Å². The Kier molecular flexibility index (Phi) is 4.17. The van der Waals surface area contributed by atoms with Crippen LogP contribution in [0.25, 0.3) is 0 Å². The van der Waals surface area contributed by atoms with Crippen LogP contribution in [0.3, 0.4) is 0 Å². The van der Waals surface area contributed by atoms with Gasteiger partial charge in [0.1, 0.15) is 6.10 Å². The molecule has 3 rings (SSSR count). The van der Waals surface area contributed by atoms with Crippen LogP contribution in [0.15, 0.2) is 59.5 Å². The quantitative estimate of drug-likeness (QED) is 0.861. The van der Waals surface area contributed by atoms with Gasteiger partial charge in [-0.1, -0.05) is 55.0 Å². The molecular formula is C18H20O3S. The minimum absolute atomic E-state index is 0.328. The number of benzene rings is 2. The Hall–Kier alpha value is -1.49. The van der Waals surface area contributed by atoms with Gasteiger partial charge in [0.2, 0.25) is 4.93 Å². The number of hydrogen-bond donors (Lipinski definition) is 1. The number of ether oxygens (including phenoxy) is 1. The Morgan fingerprint density at radius 1 is 1.18 bits per heavy atom. The fourth-order valence-corrected chi connectivity index (χ4v) is 4.41. The lowest BCUT2D eigenvalue weighted by Gasteiger charge is -2.18. The van der Waals surface area contributed by atoms with E-state index in [1.807, 2.05) is 68.4 Å². The summed E-state index contributed by atoms with van der Waals surface area (Å²) >= 11 is 0. The van der Waals surface area contributed by atoms with Crippen LogP contribution in [0.1, 0.15) is 30.6 Å². The van der Waals surface area contributed by atoms with Crippen LogP contribution in [-0.4, -0.2) is 20.4 Å². The van der Waals surface area contributed by atoms with E-state index in [0.29, 0.717) is 11.3 Å². The number of epoxide rings is 1. The first kappa shape index (κ1) is 15.4. The molecule has 0 aliphatic carbocycles. The number of aliphatic hydroxyl groups excluding tert-OH is 1. The first-order chi connectivity index (χ1) is 10.6. The molecule has 1 aliphatic rings. The van der Waals surface area contributed by atoms with Gasteiger partial charge in [-0.05, 0) is 31.0 Å². The third-order valence-electron chi connectivity index (χ3n) is 4.09. The molecule has 0 spiro atoms. The second kappa shape index (κ2) is 5.95. The maximum atomic E-state index is 13.1. The van der Waals surface area contributed by atoms with Gasteiger partial charge >= 0.3 is 0 Å². The van der Waals surface area contributed by atoms with Crippen molar-refractivity contribution in [3.63, 3.8) is 0 Å². The Labute approximate surface area is 133 Å². The summed E-state index contributed by atoms with van der Waals surface area (Å²) in [5.41, 5.74) is 2.07. The van der Waals surface area contributed by atoms with Crippen molar-refractivity contribution in [2.24, 2.45) is 0 Å². The van der Waals surface area contributed by atoms with E-state index in [-0.39, 0.29) is 6.10 Å². The summed E-state index contributed by atoms with van der Waals surface area (Å²) in [7, 11) is -1.42. The van der Waals surface area contributed by atoms with E-state index in [1.165, 1.54) is 0 Å². The first-order valence-corrected chi connectivity index (χ1v) is 8.64. The SMILES string of the molecule is CC[C@@H](O)[C@]1([S@@](=O)c2ccc(C)cc2)O[C@H]1c1ccccc1. The Morgan fingerprint density at radius 2 is 1.82 bits per heavy atom. The van der Waals surface area contributed by atoms with Gasteiger partial charge in [0.05, 0.1) is 16.9 Å². The van der Waals surface area contributed by atoms with Crippen LogP contribution in [-0.2, 0) is 15.5 Å². The zero-order valence-electron chi connectivity index (χ0n) is 12.7. The number of aliphatic hydroxyl groups is 1. The number of aryl methyl sites for hydroxylation is 1. The van der Waals surface area contributed by atoms with Crippen molar-refractivity contribution < 1.29 is 14.1 Å². The Bertz CT molecular complexity index is 668. The van der Waals surface area contributed by atoms with Gasteiger partial charge in [-0.3, -0.25) is 4.21 Å². The molecule has 0 radical (unpaired) electrons. The lowest BCUT2D eigenvalue weighted by molar-refractivity contribution is 0.114. The Morgan fingerprint density at radius 3 is 2.41 bits per heavy atom. The highest BCUT2D eigenvalue weighted by Gasteiger charge is 2.66. The van der Waals surface area contributed by atoms with Gasteiger partial charge in [-0.25, -0.2) is 0 Å². The molecule has 22 heavy (non-hydrogen) atoms. The maximum absolute atomic E-state index is 13.1. The molecule has 1 heterocycles. The summed E-state index contributed by atoms with van der Waals surface area (Å²) in [4.78, 5) is -0.345. The van der Waals surface area contributed by atoms with E-state index in [2.05, 4.69) is 0 Å². The van der Waals surface area contributed by atoms with Gasteiger partial charge in [-0.15, -0.1) is 0 Å². The molecule has 0 bridgehead atoms. The molecule has 116 valence electrons. The largest absolute Gasteiger partial charge is 0.389 e. The summed E-state index contributed by atoms with van der Waals surface area (Å²) in [5, 5.41) is 10.4. The molecule has 2 aromatic carbocycles. The molecule has 1 saturated heterocycles. The fourth-order valence-electron chi connectivity index (χ4n) is 2.73. The third kappa shape index (κ3) is 2.51. The topological polar surface area (TPSA) is 49.8 Å². The van der Waals surface area contributed by atoms with Crippen molar-refractivity contribution in [2.75, 3.05) is 0 Å². The molecule has 0 saturated carbocycles. The zero-order valence-corrected chi connectivity index (χ0v) is 13.5. The normalized spacial score (nSPS) is 26.4. The predicted molar refractivity (Wildman–Crippen MR) is 86.9 cm³/mol. The molecule has 0 unspecified atom stereocenters. The summed E-state index contributed by atoms with van der Waals surface area (Å²) < 4.78 is 18.9. The monoisotopic (exact) mass is 316 g/mol. The summed E-state index contributed by atoms with van der Waals surface area (Å²) in [5.74, 6) is 0. The third-order valence-corrected chi connectivity index (χ3v) is 5.95. The molecule has 4 atom stereocenters. The van der Waals surface area contributed by atoms with E-state index in [9.17, 15) is 9.32 Å². The maximum Gasteiger partial charge on any atom is 0.203 e. The highest BCUT2D eigenvalue weighted by molar-refractivity contribution is 7.86. The number of rotatable bonds is 5. The van der Waals surface area contributed by atoms with Crippen LogP contribution < -0.4 is 0 Å². The first-order valence-electron chi connectivity index (χ1n) is 7.49. The number of hydrogen-bond acceptors (Lipinski definition) is 3. The van der Waals surface area contributed by atoms with Crippen LogP contribution >= 0.6 is 0 Å². The van der Waals surface area contributed by atoms with Gasteiger partial charge < -0.3 is 9.84 Å². The highest BCUT2D eigenvalue weighted by atomic mass is 32.2. The lowest BCUT2D eigenvalue weighted by Crippen LogP contribution is -2.34. The molecule has 0 amide bonds. The molecule has 4 heteroatoms.